The number of H-pyrrole nitrogens is 1. The number of amides is 1. The molecule has 8 heteroatoms. The van der Waals surface area contributed by atoms with E-state index in [0.29, 0.717) is 53.6 Å². The third-order valence-corrected chi connectivity index (χ3v) is 7.29. The molecule has 7 nitrogen and oxygen atoms in total. The fourth-order valence-electron chi connectivity index (χ4n) is 4.44. The highest BCUT2D eigenvalue weighted by atomic mass is 32.1. The van der Waals surface area contributed by atoms with Crippen LogP contribution < -0.4 is 15.0 Å². The number of hydrogen-bond acceptors (Lipinski definition) is 6. The first-order valence-corrected chi connectivity index (χ1v) is 12.5. The standard InChI is InChI=1S/C27H23N3O4S/c31-25-20-16-23(18-6-2-1-3-7-18)35-26(20)29-24(28-25)19(27(32)30-10-4-5-11-30)14-17-8-9-21-22(15-17)34-13-12-33-21/h1-3,6-9,14-16H,4-5,10-13H2,(H,28,29,31). The molecular weight excluding hydrogens is 462 g/mol. The van der Waals surface area contributed by atoms with Gasteiger partial charge in [-0.05, 0) is 48.2 Å². The molecule has 1 fully saturated rings. The van der Waals surface area contributed by atoms with Gasteiger partial charge < -0.3 is 19.4 Å². The highest BCUT2D eigenvalue weighted by molar-refractivity contribution is 7.21. The van der Waals surface area contributed by atoms with E-state index in [4.69, 9.17) is 14.5 Å². The number of ether oxygens (including phenoxy) is 2. The van der Waals surface area contributed by atoms with Crippen LogP contribution in [0.5, 0.6) is 11.5 Å². The molecule has 0 bridgehead atoms. The summed E-state index contributed by atoms with van der Waals surface area (Å²) in [4.78, 5) is 37.6. The molecule has 2 aromatic heterocycles. The van der Waals surface area contributed by atoms with Crippen molar-refractivity contribution in [1.29, 1.82) is 0 Å². The van der Waals surface area contributed by atoms with Gasteiger partial charge in [0.05, 0.1) is 11.0 Å². The molecule has 1 saturated heterocycles. The van der Waals surface area contributed by atoms with Gasteiger partial charge in [-0.3, -0.25) is 9.59 Å². The summed E-state index contributed by atoms with van der Waals surface area (Å²) >= 11 is 1.45. The number of carbonyl (C=O) groups is 1. The van der Waals surface area contributed by atoms with Crippen molar-refractivity contribution in [3.05, 3.63) is 76.3 Å². The zero-order chi connectivity index (χ0) is 23.8. The molecule has 2 aliphatic heterocycles. The average Bonchev–Trinajstić information content (AvgIpc) is 3.58. The molecule has 4 heterocycles. The van der Waals surface area contributed by atoms with E-state index in [-0.39, 0.29) is 17.3 Å². The number of aromatic nitrogens is 2. The Balaban J connectivity index is 1.46. The number of thiophene rings is 1. The number of fused-ring (bicyclic) bond motifs is 2. The molecule has 2 aliphatic rings. The maximum Gasteiger partial charge on any atom is 0.259 e. The van der Waals surface area contributed by atoms with Crippen molar-refractivity contribution >= 4 is 39.1 Å². The topological polar surface area (TPSA) is 84.5 Å². The smallest absolute Gasteiger partial charge is 0.259 e. The van der Waals surface area contributed by atoms with E-state index in [1.54, 1.807) is 6.08 Å². The number of benzene rings is 2. The number of likely N-dealkylation sites (tertiary alicyclic amines) is 1. The van der Waals surface area contributed by atoms with E-state index >= 15 is 0 Å². The number of rotatable bonds is 4. The first-order chi connectivity index (χ1) is 17.2. The quantitative estimate of drug-likeness (QED) is 0.428. The van der Waals surface area contributed by atoms with Crippen LogP contribution in [0.15, 0.2) is 59.4 Å². The Morgan fingerprint density at radius 2 is 1.77 bits per heavy atom. The molecule has 6 rings (SSSR count). The molecule has 0 atom stereocenters. The van der Waals surface area contributed by atoms with E-state index in [0.717, 1.165) is 28.8 Å². The fraction of sp³-hybridized carbons (Fsp3) is 0.222. The third-order valence-electron chi connectivity index (χ3n) is 6.22. The van der Waals surface area contributed by atoms with Crippen LogP contribution in [-0.2, 0) is 4.79 Å². The lowest BCUT2D eigenvalue weighted by Crippen LogP contribution is -2.29. The molecule has 1 amide bonds. The number of hydrogen-bond donors (Lipinski definition) is 1. The Labute approximate surface area is 205 Å². The van der Waals surface area contributed by atoms with Gasteiger partial charge in [0.15, 0.2) is 11.5 Å². The van der Waals surface area contributed by atoms with Crippen molar-refractivity contribution < 1.29 is 14.3 Å². The lowest BCUT2D eigenvalue weighted by molar-refractivity contribution is -0.123. The van der Waals surface area contributed by atoms with Crippen molar-refractivity contribution in [3.8, 4) is 21.9 Å². The van der Waals surface area contributed by atoms with Crippen LogP contribution in [0.4, 0.5) is 0 Å². The third kappa shape index (κ3) is 4.21. The zero-order valence-electron chi connectivity index (χ0n) is 19.0. The lowest BCUT2D eigenvalue weighted by atomic mass is 10.1. The summed E-state index contributed by atoms with van der Waals surface area (Å²) in [5.41, 5.74) is 1.90. The number of carbonyl (C=O) groups excluding carboxylic acids is 1. The average molecular weight is 486 g/mol. The molecule has 4 aromatic rings. The first-order valence-electron chi connectivity index (χ1n) is 11.7. The van der Waals surface area contributed by atoms with Gasteiger partial charge in [0.25, 0.3) is 11.5 Å². The number of nitrogens with one attached hydrogen (secondary N) is 1. The molecule has 2 aromatic carbocycles. The van der Waals surface area contributed by atoms with Crippen LogP contribution in [-0.4, -0.2) is 47.1 Å². The molecular formula is C27H23N3O4S. The number of aromatic amines is 1. The second-order valence-electron chi connectivity index (χ2n) is 8.57. The maximum absolute atomic E-state index is 13.6. The van der Waals surface area contributed by atoms with E-state index < -0.39 is 0 Å². The zero-order valence-corrected chi connectivity index (χ0v) is 19.8. The van der Waals surface area contributed by atoms with Gasteiger partial charge in [0, 0.05) is 18.0 Å². The van der Waals surface area contributed by atoms with E-state index in [1.165, 1.54) is 11.3 Å². The Hall–Kier alpha value is -3.91. The largest absolute Gasteiger partial charge is 0.486 e. The lowest BCUT2D eigenvalue weighted by Gasteiger charge is -2.19. The van der Waals surface area contributed by atoms with Gasteiger partial charge in [0.1, 0.15) is 23.9 Å². The van der Waals surface area contributed by atoms with Crippen LogP contribution in [0.3, 0.4) is 0 Å². The summed E-state index contributed by atoms with van der Waals surface area (Å²) < 4.78 is 11.3. The minimum Gasteiger partial charge on any atom is -0.486 e. The summed E-state index contributed by atoms with van der Waals surface area (Å²) in [5, 5.41) is 0.518. The second kappa shape index (κ2) is 9.03. The minimum absolute atomic E-state index is 0.139. The maximum atomic E-state index is 13.6. The Morgan fingerprint density at radius 1 is 1.00 bits per heavy atom. The molecule has 1 N–H and O–H groups in total. The molecule has 0 spiro atoms. The van der Waals surface area contributed by atoms with Gasteiger partial charge in [-0.2, -0.15) is 0 Å². The predicted molar refractivity (Wildman–Crippen MR) is 137 cm³/mol. The predicted octanol–water partition coefficient (Wildman–Crippen LogP) is 4.59. The van der Waals surface area contributed by atoms with Crippen molar-refractivity contribution in [1.82, 2.24) is 14.9 Å². The van der Waals surface area contributed by atoms with Crippen molar-refractivity contribution in [3.63, 3.8) is 0 Å². The van der Waals surface area contributed by atoms with Gasteiger partial charge in [0.2, 0.25) is 0 Å². The molecule has 0 radical (unpaired) electrons. The Morgan fingerprint density at radius 3 is 2.57 bits per heavy atom. The Kier molecular flexibility index (Phi) is 5.58. The summed E-state index contributed by atoms with van der Waals surface area (Å²) in [5.74, 6) is 1.46. The van der Waals surface area contributed by atoms with Gasteiger partial charge >= 0.3 is 0 Å². The fourth-order valence-corrected chi connectivity index (χ4v) is 5.48. The normalized spacial score (nSPS) is 15.5. The van der Waals surface area contributed by atoms with Crippen molar-refractivity contribution in [2.45, 2.75) is 12.8 Å². The molecule has 0 saturated carbocycles. The molecule has 0 aliphatic carbocycles. The van der Waals surface area contributed by atoms with E-state index in [1.807, 2.05) is 59.5 Å². The molecule has 176 valence electrons. The van der Waals surface area contributed by atoms with Crippen molar-refractivity contribution in [2.75, 3.05) is 26.3 Å². The van der Waals surface area contributed by atoms with Crippen LogP contribution >= 0.6 is 11.3 Å². The van der Waals surface area contributed by atoms with E-state index in [2.05, 4.69) is 4.98 Å². The van der Waals surface area contributed by atoms with Crippen LogP contribution in [0.2, 0.25) is 0 Å². The van der Waals surface area contributed by atoms with Crippen LogP contribution in [0, 0.1) is 0 Å². The minimum atomic E-state index is -0.259. The summed E-state index contributed by atoms with van der Waals surface area (Å²) in [6, 6.07) is 17.3. The summed E-state index contributed by atoms with van der Waals surface area (Å²) in [6.07, 6.45) is 3.71. The highest BCUT2D eigenvalue weighted by Crippen LogP contribution is 2.34. The number of nitrogens with zero attached hydrogens (tertiary/aromatic N) is 2. The van der Waals surface area contributed by atoms with Gasteiger partial charge in [-0.15, -0.1) is 11.3 Å². The Bertz CT molecular complexity index is 1500. The van der Waals surface area contributed by atoms with Crippen LogP contribution in [0.25, 0.3) is 32.3 Å². The second-order valence-corrected chi connectivity index (χ2v) is 9.60. The van der Waals surface area contributed by atoms with Crippen LogP contribution in [0.1, 0.15) is 24.2 Å². The molecule has 35 heavy (non-hydrogen) atoms. The summed E-state index contributed by atoms with van der Waals surface area (Å²) in [6.45, 7) is 2.38. The van der Waals surface area contributed by atoms with Gasteiger partial charge in [-0.1, -0.05) is 36.4 Å². The first kappa shape index (κ1) is 21.6. The monoisotopic (exact) mass is 485 g/mol. The van der Waals surface area contributed by atoms with Gasteiger partial charge in [-0.25, -0.2) is 4.98 Å². The highest BCUT2D eigenvalue weighted by Gasteiger charge is 2.25. The molecule has 0 unspecified atom stereocenters. The SMILES string of the molecule is O=C(C(=Cc1ccc2c(c1)OCCO2)c1nc2sc(-c3ccccc3)cc2c(=O)[nH]1)N1CCCC1. The van der Waals surface area contributed by atoms with Crippen molar-refractivity contribution in [2.24, 2.45) is 0 Å². The summed E-state index contributed by atoms with van der Waals surface area (Å²) in [7, 11) is 0. The van der Waals surface area contributed by atoms with E-state index in [9.17, 15) is 9.59 Å².